The van der Waals surface area contributed by atoms with Gasteiger partial charge in [-0.15, -0.1) is 0 Å². The van der Waals surface area contributed by atoms with E-state index in [-0.39, 0.29) is 5.91 Å². The number of methoxy groups -OCH3 is 1. The van der Waals surface area contributed by atoms with Crippen molar-refractivity contribution in [2.75, 3.05) is 12.4 Å². The van der Waals surface area contributed by atoms with Gasteiger partial charge in [0.15, 0.2) is 0 Å². The second-order valence-electron chi connectivity index (χ2n) is 4.74. The molecular weight excluding hydrogens is 252 g/mol. The summed E-state index contributed by atoms with van der Waals surface area (Å²) in [6, 6.07) is 13.2. The molecule has 0 saturated heterocycles. The zero-order chi connectivity index (χ0) is 13.9. The molecular formula is C16H16N2O2. The first kappa shape index (κ1) is 12.7. The summed E-state index contributed by atoms with van der Waals surface area (Å²) in [4.78, 5) is 12.3. The Balaban J connectivity index is 1.83. The molecule has 4 nitrogen and oxygen atoms in total. The zero-order valence-electron chi connectivity index (χ0n) is 11.3. The number of ether oxygens (including phenoxy) is 1. The van der Waals surface area contributed by atoms with Gasteiger partial charge in [0, 0.05) is 18.7 Å². The van der Waals surface area contributed by atoms with Gasteiger partial charge in [-0.3, -0.25) is 4.79 Å². The number of hydrogen-bond donors (Lipinski definition) is 2. The predicted octanol–water partition coefficient (Wildman–Crippen LogP) is 2.55. The lowest BCUT2D eigenvalue weighted by Gasteiger charge is -2.10. The summed E-state index contributed by atoms with van der Waals surface area (Å²) in [7, 11) is 1.59. The van der Waals surface area contributed by atoms with E-state index in [2.05, 4.69) is 10.6 Å². The smallest absolute Gasteiger partial charge is 0.255 e. The third-order valence-electron chi connectivity index (χ3n) is 3.45. The molecule has 0 bridgehead atoms. The molecule has 0 fully saturated rings. The van der Waals surface area contributed by atoms with Gasteiger partial charge in [0.05, 0.1) is 12.8 Å². The fourth-order valence-corrected chi connectivity index (χ4v) is 2.38. The summed E-state index contributed by atoms with van der Waals surface area (Å²) in [5.41, 5.74) is 3.80. The Labute approximate surface area is 117 Å². The minimum absolute atomic E-state index is 0.121. The van der Waals surface area contributed by atoms with Crippen LogP contribution in [0, 0.1) is 0 Å². The fourth-order valence-electron chi connectivity index (χ4n) is 2.38. The Morgan fingerprint density at radius 2 is 1.95 bits per heavy atom. The summed E-state index contributed by atoms with van der Waals surface area (Å²) in [6.07, 6.45) is 0. The molecule has 3 rings (SSSR count). The molecule has 0 radical (unpaired) electrons. The lowest BCUT2D eigenvalue weighted by molar-refractivity contribution is 0.102. The van der Waals surface area contributed by atoms with Gasteiger partial charge >= 0.3 is 0 Å². The van der Waals surface area contributed by atoms with E-state index in [0.717, 1.165) is 13.1 Å². The molecule has 2 aromatic rings. The van der Waals surface area contributed by atoms with Gasteiger partial charge < -0.3 is 15.4 Å². The molecule has 0 aromatic heterocycles. The van der Waals surface area contributed by atoms with Crippen LogP contribution in [-0.4, -0.2) is 13.0 Å². The number of para-hydroxylation sites is 2. The molecule has 4 heteroatoms. The largest absolute Gasteiger partial charge is 0.495 e. The standard InChI is InChI=1S/C16H16N2O2/c1-20-15-5-3-2-4-14(15)18-16(19)11-6-7-12-9-17-10-13(12)8-11/h2-8,17H,9-10H2,1H3,(H,18,19). The van der Waals surface area contributed by atoms with Gasteiger partial charge in [0.2, 0.25) is 0 Å². The Bertz CT molecular complexity index is 653. The minimum atomic E-state index is -0.121. The number of amides is 1. The van der Waals surface area contributed by atoms with E-state index in [1.54, 1.807) is 7.11 Å². The van der Waals surface area contributed by atoms with E-state index in [4.69, 9.17) is 4.74 Å². The second kappa shape index (κ2) is 5.35. The van der Waals surface area contributed by atoms with Crippen molar-refractivity contribution in [1.29, 1.82) is 0 Å². The van der Waals surface area contributed by atoms with Crippen molar-refractivity contribution in [3.63, 3.8) is 0 Å². The molecule has 1 heterocycles. The monoisotopic (exact) mass is 268 g/mol. The van der Waals surface area contributed by atoms with Gasteiger partial charge in [-0.25, -0.2) is 0 Å². The minimum Gasteiger partial charge on any atom is -0.495 e. The second-order valence-corrected chi connectivity index (χ2v) is 4.74. The van der Waals surface area contributed by atoms with Gasteiger partial charge in [-0.05, 0) is 35.4 Å². The van der Waals surface area contributed by atoms with Crippen LogP contribution in [0.25, 0.3) is 0 Å². The summed E-state index contributed by atoms with van der Waals surface area (Å²) in [6.45, 7) is 1.70. The SMILES string of the molecule is COc1ccccc1NC(=O)c1ccc2c(c1)CNC2. The van der Waals surface area contributed by atoms with Gasteiger partial charge in [-0.2, -0.15) is 0 Å². The Morgan fingerprint density at radius 3 is 2.80 bits per heavy atom. The molecule has 0 atom stereocenters. The van der Waals surface area contributed by atoms with Crippen molar-refractivity contribution in [2.45, 2.75) is 13.1 Å². The van der Waals surface area contributed by atoms with Crippen molar-refractivity contribution >= 4 is 11.6 Å². The number of carbonyl (C=O) groups is 1. The van der Waals surface area contributed by atoms with Crippen LogP contribution >= 0.6 is 0 Å². The number of nitrogens with one attached hydrogen (secondary N) is 2. The highest BCUT2D eigenvalue weighted by atomic mass is 16.5. The maximum Gasteiger partial charge on any atom is 0.255 e. The van der Waals surface area contributed by atoms with E-state index in [1.807, 2.05) is 42.5 Å². The maximum absolute atomic E-state index is 12.3. The van der Waals surface area contributed by atoms with Crippen LogP contribution in [0.4, 0.5) is 5.69 Å². The van der Waals surface area contributed by atoms with Crippen molar-refractivity contribution < 1.29 is 9.53 Å². The maximum atomic E-state index is 12.3. The summed E-state index contributed by atoms with van der Waals surface area (Å²) >= 11 is 0. The molecule has 2 aromatic carbocycles. The first-order valence-corrected chi connectivity index (χ1v) is 6.55. The number of hydrogen-bond acceptors (Lipinski definition) is 3. The highest BCUT2D eigenvalue weighted by Gasteiger charge is 2.14. The first-order valence-electron chi connectivity index (χ1n) is 6.55. The number of carbonyl (C=O) groups excluding carboxylic acids is 1. The zero-order valence-corrected chi connectivity index (χ0v) is 11.3. The topological polar surface area (TPSA) is 50.4 Å². The van der Waals surface area contributed by atoms with Crippen molar-refractivity contribution in [2.24, 2.45) is 0 Å². The van der Waals surface area contributed by atoms with Gasteiger partial charge in [-0.1, -0.05) is 18.2 Å². The Morgan fingerprint density at radius 1 is 1.15 bits per heavy atom. The fraction of sp³-hybridized carbons (Fsp3) is 0.188. The highest BCUT2D eigenvalue weighted by molar-refractivity contribution is 6.05. The van der Waals surface area contributed by atoms with Crippen molar-refractivity contribution in [3.8, 4) is 5.75 Å². The van der Waals surface area contributed by atoms with Gasteiger partial charge in [0.1, 0.15) is 5.75 Å². The summed E-state index contributed by atoms with van der Waals surface area (Å²) < 4.78 is 5.23. The molecule has 0 aliphatic carbocycles. The summed E-state index contributed by atoms with van der Waals surface area (Å²) in [5.74, 6) is 0.535. The van der Waals surface area contributed by atoms with Crippen LogP contribution < -0.4 is 15.4 Å². The number of benzene rings is 2. The average molecular weight is 268 g/mol. The molecule has 0 saturated carbocycles. The van der Waals surface area contributed by atoms with E-state index in [1.165, 1.54) is 11.1 Å². The molecule has 1 aliphatic rings. The molecule has 1 amide bonds. The van der Waals surface area contributed by atoms with Crippen molar-refractivity contribution in [3.05, 3.63) is 59.2 Å². The molecule has 0 unspecified atom stereocenters. The van der Waals surface area contributed by atoms with Crippen LogP contribution in [0.3, 0.4) is 0 Å². The number of anilines is 1. The van der Waals surface area contributed by atoms with E-state index >= 15 is 0 Å². The van der Waals surface area contributed by atoms with Crippen LogP contribution in [0.5, 0.6) is 5.75 Å². The normalized spacial score (nSPS) is 12.8. The molecule has 20 heavy (non-hydrogen) atoms. The van der Waals surface area contributed by atoms with Crippen LogP contribution in [0.15, 0.2) is 42.5 Å². The Kier molecular flexibility index (Phi) is 3.39. The molecule has 2 N–H and O–H groups in total. The molecule has 0 spiro atoms. The van der Waals surface area contributed by atoms with Crippen LogP contribution in [0.1, 0.15) is 21.5 Å². The van der Waals surface area contributed by atoms with Gasteiger partial charge in [0.25, 0.3) is 5.91 Å². The average Bonchev–Trinajstić information content (AvgIpc) is 2.95. The summed E-state index contributed by atoms with van der Waals surface area (Å²) in [5, 5.41) is 6.15. The Hall–Kier alpha value is -2.33. The quantitative estimate of drug-likeness (QED) is 0.899. The lowest BCUT2D eigenvalue weighted by Crippen LogP contribution is -2.13. The van der Waals surface area contributed by atoms with E-state index in [0.29, 0.717) is 17.0 Å². The van der Waals surface area contributed by atoms with Crippen LogP contribution in [-0.2, 0) is 13.1 Å². The third-order valence-corrected chi connectivity index (χ3v) is 3.45. The predicted molar refractivity (Wildman–Crippen MR) is 77.9 cm³/mol. The number of fused-ring (bicyclic) bond motifs is 1. The third kappa shape index (κ3) is 2.38. The highest BCUT2D eigenvalue weighted by Crippen LogP contribution is 2.24. The lowest BCUT2D eigenvalue weighted by atomic mass is 10.1. The first-order chi connectivity index (χ1) is 9.78. The van der Waals surface area contributed by atoms with E-state index < -0.39 is 0 Å². The molecule has 102 valence electrons. The number of rotatable bonds is 3. The van der Waals surface area contributed by atoms with Crippen molar-refractivity contribution in [1.82, 2.24) is 5.32 Å². The molecule has 1 aliphatic heterocycles. The van der Waals surface area contributed by atoms with E-state index in [9.17, 15) is 4.79 Å². The van der Waals surface area contributed by atoms with Crippen LogP contribution in [0.2, 0.25) is 0 Å².